The maximum atomic E-state index is 12.7. The summed E-state index contributed by atoms with van der Waals surface area (Å²) in [6.45, 7) is 3.31. The van der Waals surface area contributed by atoms with Crippen LogP contribution in [-0.2, 0) is 0 Å². The van der Waals surface area contributed by atoms with Crippen LogP contribution < -0.4 is 15.4 Å². The molecule has 0 bridgehead atoms. The number of nitrogens with one attached hydrogen (secondary N) is 1. The first kappa shape index (κ1) is 21.8. The van der Waals surface area contributed by atoms with Crippen molar-refractivity contribution in [3.63, 3.8) is 0 Å². The van der Waals surface area contributed by atoms with Crippen LogP contribution in [0.1, 0.15) is 17.0 Å². The zero-order valence-electron chi connectivity index (χ0n) is 18.1. The molecule has 0 unspecified atom stereocenters. The summed E-state index contributed by atoms with van der Waals surface area (Å²) in [5.74, 6) is 0.745. The first-order valence-electron chi connectivity index (χ1n) is 10.8. The molecule has 2 fully saturated rings. The first-order valence-corrected chi connectivity index (χ1v) is 11.2. The van der Waals surface area contributed by atoms with E-state index >= 15 is 0 Å². The van der Waals surface area contributed by atoms with Crippen LogP contribution in [0.15, 0.2) is 59.0 Å². The van der Waals surface area contributed by atoms with Crippen molar-refractivity contribution in [1.82, 2.24) is 4.90 Å². The minimum atomic E-state index is -0.395. The molecule has 2 atom stereocenters. The van der Waals surface area contributed by atoms with E-state index < -0.39 is 5.91 Å². The molecular weight excluding hydrogens is 444 g/mol. The van der Waals surface area contributed by atoms with E-state index in [0.717, 1.165) is 25.6 Å². The van der Waals surface area contributed by atoms with E-state index in [0.29, 0.717) is 28.1 Å². The van der Waals surface area contributed by atoms with Gasteiger partial charge in [0.25, 0.3) is 5.91 Å². The first-order chi connectivity index (χ1) is 15.9. The number of furan rings is 1. The van der Waals surface area contributed by atoms with Crippen LogP contribution in [0.3, 0.4) is 0 Å². The molecule has 3 N–H and O–H groups in total. The molecule has 5 rings (SSSR count). The minimum absolute atomic E-state index is 0.0305. The lowest BCUT2D eigenvalue weighted by atomic mass is 10.0. The van der Waals surface area contributed by atoms with Gasteiger partial charge in [0.2, 0.25) is 0 Å². The van der Waals surface area contributed by atoms with E-state index in [9.17, 15) is 15.2 Å². The second-order valence-electron chi connectivity index (χ2n) is 8.65. The maximum absolute atomic E-state index is 12.7. The Morgan fingerprint density at radius 2 is 1.91 bits per heavy atom. The Balaban J connectivity index is 1.28. The molecular formula is C24H25ClN4O4. The number of hydrogen-bond acceptors (Lipinski definition) is 7. The molecule has 1 aromatic heterocycles. The fourth-order valence-electron chi connectivity index (χ4n) is 4.91. The predicted molar refractivity (Wildman–Crippen MR) is 126 cm³/mol. The smallest absolute Gasteiger partial charge is 0.291 e. The Labute approximate surface area is 196 Å². The van der Waals surface area contributed by atoms with Crippen molar-refractivity contribution < 1.29 is 19.6 Å². The highest BCUT2D eigenvalue weighted by Crippen LogP contribution is 2.35. The van der Waals surface area contributed by atoms with Crippen molar-refractivity contribution in [3.8, 4) is 11.3 Å². The van der Waals surface area contributed by atoms with Gasteiger partial charge in [0.05, 0.1) is 0 Å². The monoisotopic (exact) mass is 468 g/mol. The number of hydrogen-bond donors (Lipinski definition) is 3. The quantitative estimate of drug-likeness (QED) is 0.472. The largest absolute Gasteiger partial charge is 0.451 e. The van der Waals surface area contributed by atoms with Gasteiger partial charge in [-0.3, -0.25) is 15.2 Å². The number of halogens is 1. The van der Waals surface area contributed by atoms with Gasteiger partial charge in [-0.1, -0.05) is 11.6 Å². The van der Waals surface area contributed by atoms with Gasteiger partial charge >= 0.3 is 0 Å². The lowest BCUT2D eigenvalue weighted by molar-refractivity contribution is 0.0294. The van der Waals surface area contributed by atoms with E-state index in [1.165, 1.54) is 24.2 Å². The van der Waals surface area contributed by atoms with Gasteiger partial charge in [-0.05, 0) is 74.0 Å². The zero-order valence-corrected chi connectivity index (χ0v) is 18.9. The van der Waals surface area contributed by atoms with E-state index in [2.05, 4.69) is 22.2 Å². The van der Waals surface area contributed by atoms with Gasteiger partial charge in [-0.25, -0.2) is 0 Å². The number of likely N-dealkylation sites (tertiary alicyclic amines) is 1. The SMILES string of the molecule is CN1C[C@@H]2CCN(c3ccc(NC(=O)c4ccc(-c5ccc(Cl)cc5N(O)O)o4)cc3)[C@@H]2C1. The van der Waals surface area contributed by atoms with Gasteiger partial charge in [0.15, 0.2) is 5.76 Å². The van der Waals surface area contributed by atoms with E-state index in [1.807, 2.05) is 24.3 Å². The Morgan fingerprint density at radius 1 is 1.12 bits per heavy atom. The van der Waals surface area contributed by atoms with Crippen LogP contribution in [0.25, 0.3) is 11.3 Å². The van der Waals surface area contributed by atoms with Crippen LogP contribution in [0, 0.1) is 5.92 Å². The molecule has 172 valence electrons. The van der Waals surface area contributed by atoms with Gasteiger partial charge in [-0.2, -0.15) is 0 Å². The normalized spacial score (nSPS) is 20.2. The third kappa shape index (κ3) is 4.30. The maximum Gasteiger partial charge on any atom is 0.291 e. The van der Waals surface area contributed by atoms with Crippen LogP contribution in [0.4, 0.5) is 17.1 Å². The molecule has 0 spiro atoms. The summed E-state index contributed by atoms with van der Waals surface area (Å²) in [7, 11) is 2.17. The summed E-state index contributed by atoms with van der Waals surface area (Å²) < 4.78 is 5.68. The second-order valence-corrected chi connectivity index (χ2v) is 9.08. The summed E-state index contributed by atoms with van der Waals surface area (Å²) in [5, 5.41) is 22.1. The van der Waals surface area contributed by atoms with E-state index in [1.54, 1.807) is 18.2 Å². The fourth-order valence-corrected chi connectivity index (χ4v) is 5.07. The molecule has 2 aromatic carbocycles. The van der Waals surface area contributed by atoms with E-state index in [4.69, 9.17) is 16.0 Å². The molecule has 0 saturated carbocycles. The third-order valence-corrected chi connectivity index (χ3v) is 6.69. The number of carbonyl (C=O) groups is 1. The summed E-state index contributed by atoms with van der Waals surface area (Å²) in [5.41, 5.74) is 2.26. The Hall–Kier alpha value is -3.04. The second kappa shape index (κ2) is 8.72. The van der Waals surface area contributed by atoms with Crippen LogP contribution in [0.2, 0.25) is 5.02 Å². The van der Waals surface area contributed by atoms with Gasteiger partial charge in [-0.15, -0.1) is 5.23 Å². The van der Waals surface area contributed by atoms with Crippen molar-refractivity contribution in [3.05, 3.63) is 65.4 Å². The van der Waals surface area contributed by atoms with E-state index in [-0.39, 0.29) is 16.7 Å². The topological polar surface area (TPSA) is 92.4 Å². The van der Waals surface area contributed by atoms with Crippen LogP contribution >= 0.6 is 11.6 Å². The summed E-state index contributed by atoms with van der Waals surface area (Å²) >= 11 is 5.93. The number of rotatable bonds is 5. The number of likely N-dealkylation sites (N-methyl/N-ethyl adjacent to an activating group) is 1. The average molecular weight is 469 g/mol. The van der Waals surface area contributed by atoms with Crippen LogP contribution in [-0.4, -0.2) is 53.9 Å². The molecule has 8 nitrogen and oxygen atoms in total. The molecule has 2 aliphatic heterocycles. The molecule has 9 heteroatoms. The number of fused-ring (bicyclic) bond motifs is 1. The molecule has 3 heterocycles. The van der Waals surface area contributed by atoms with Crippen molar-refractivity contribution in [1.29, 1.82) is 0 Å². The highest BCUT2D eigenvalue weighted by Gasteiger charge is 2.39. The average Bonchev–Trinajstić information content (AvgIpc) is 3.50. The lowest BCUT2D eigenvalue weighted by Crippen LogP contribution is -2.34. The van der Waals surface area contributed by atoms with Gasteiger partial charge < -0.3 is 19.5 Å². The summed E-state index contributed by atoms with van der Waals surface area (Å²) in [4.78, 5) is 17.6. The molecule has 3 aromatic rings. The van der Waals surface area contributed by atoms with Crippen molar-refractivity contribution in [2.75, 3.05) is 42.1 Å². The molecule has 1 amide bonds. The highest BCUT2D eigenvalue weighted by atomic mass is 35.5. The number of carbonyl (C=O) groups excluding carboxylic acids is 1. The van der Waals surface area contributed by atoms with Crippen LogP contribution in [0.5, 0.6) is 0 Å². The van der Waals surface area contributed by atoms with Gasteiger partial charge in [0.1, 0.15) is 11.4 Å². The minimum Gasteiger partial charge on any atom is -0.451 e. The number of nitrogens with zero attached hydrogens (tertiary/aromatic N) is 3. The van der Waals surface area contributed by atoms with Crippen molar-refractivity contribution >= 4 is 34.6 Å². The Bertz CT molecular complexity index is 1160. The third-order valence-electron chi connectivity index (χ3n) is 6.46. The fraction of sp³-hybridized carbons (Fsp3) is 0.292. The van der Waals surface area contributed by atoms with Crippen molar-refractivity contribution in [2.45, 2.75) is 12.5 Å². The molecule has 0 aliphatic carbocycles. The Kier molecular flexibility index (Phi) is 5.76. The standard InChI is InChI=1S/C24H25ClN4O4/c1-27-13-15-10-11-28(21(15)14-27)18-5-3-17(4-6-18)26-24(30)23-9-8-22(33-23)19-7-2-16(25)12-20(19)29(31)32/h2-9,12,15,21,31-32H,10-11,13-14H2,1H3,(H,26,30)/t15-,21+/m0/s1. The molecule has 0 radical (unpaired) electrons. The van der Waals surface area contributed by atoms with Gasteiger partial charge in [0, 0.05) is 47.6 Å². The molecule has 2 saturated heterocycles. The lowest BCUT2D eigenvalue weighted by Gasteiger charge is -2.26. The highest BCUT2D eigenvalue weighted by molar-refractivity contribution is 6.31. The van der Waals surface area contributed by atoms with Crippen molar-refractivity contribution in [2.24, 2.45) is 5.92 Å². The molecule has 2 aliphatic rings. The predicted octanol–water partition coefficient (Wildman–Crippen LogP) is 4.58. The zero-order chi connectivity index (χ0) is 23.1. The summed E-state index contributed by atoms with van der Waals surface area (Å²) in [6.07, 6.45) is 1.22. The molecule has 33 heavy (non-hydrogen) atoms. The number of anilines is 3. The summed E-state index contributed by atoms with van der Waals surface area (Å²) in [6, 6.07) is 16.1. The Morgan fingerprint density at radius 3 is 2.67 bits per heavy atom. The number of benzene rings is 2. The number of amides is 1.